The van der Waals surface area contributed by atoms with Crippen LogP contribution in [-0.4, -0.2) is 40.0 Å². The molecule has 0 atom stereocenters. The number of nitrogens with zero attached hydrogens (tertiary/aromatic N) is 3. The van der Waals surface area contributed by atoms with Crippen LogP contribution in [0.1, 0.15) is 23.2 Å². The number of hydrogen-bond acceptors (Lipinski definition) is 3. The Morgan fingerprint density at radius 2 is 1.78 bits per heavy atom. The molecule has 0 unspecified atom stereocenters. The summed E-state index contributed by atoms with van der Waals surface area (Å²) in [5, 5.41) is 2.51. The second-order valence-corrected chi connectivity index (χ2v) is 6.80. The molecular weight excluding hydrogens is 350 g/mol. The topological polar surface area (TPSA) is 50.2 Å². The number of hydrogen-bond donors (Lipinski definition) is 1. The van der Waals surface area contributed by atoms with Crippen LogP contribution in [0, 0.1) is 11.6 Å². The first-order valence-corrected chi connectivity index (χ1v) is 9.03. The Morgan fingerprint density at radius 3 is 2.52 bits per heavy atom. The monoisotopic (exact) mass is 370 g/mol. The van der Waals surface area contributed by atoms with E-state index in [-0.39, 0.29) is 5.69 Å². The maximum Gasteiger partial charge on any atom is 0.255 e. The van der Waals surface area contributed by atoms with Crippen LogP contribution in [0.15, 0.2) is 42.7 Å². The minimum Gasteiger partial charge on any atom is -0.329 e. The van der Waals surface area contributed by atoms with Crippen LogP contribution in [0.5, 0.6) is 0 Å². The van der Waals surface area contributed by atoms with Gasteiger partial charge in [0.05, 0.1) is 17.4 Å². The van der Waals surface area contributed by atoms with Crippen molar-refractivity contribution in [3.63, 3.8) is 0 Å². The van der Waals surface area contributed by atoms with E-state index in [1.807, 2.05) is 6.07 Å². The van der Waals surface area contributed by atoms with Crippen molar-refractivity contribution in [3.8, 4) is 0 Å². The van der Waals surface area contributed by atoms with Crippen molar-refractivity contribution in [2.75, 3.05) is 25.0 Å². The van der Waals surface area contributed by atoms with Crippen molar-refractivity contribution in [2.45, 2.75) is 19.4 Å². The summed E-state index contributed by atoms with van der Waals surface area (Å²) in [6.45, 7) is 4.14. The average molecular weight is 370 g/mol. The first-order valence-electron chi connectivity index (χ1n) is 9.03. The molecule has 0 aliphatic carbocycles. The molecule has 1 fully saturated rings. The standard InChI is InChI=1S/C20H20F2N4O/c21-15-10-16(22)12-17(11-15)24-20(27)14-3-4-19-18(9-14)23-13-26(19)8-7-25-5-1-2-6-25/h3-4,9-13H,1-2,5-8H2,(H,24,27). The second-order valence-electron chi connectivity index (χ2n) is 6.80. The summed E-state index contributed by atoms with van der Waals surface area (Å²) in [5.41, 5.74) is 2.14. The van der Waals surface area contributed by atoms with Crippen molar-refractivity contribution in [2.24, 2.45) is 0 Å². The molecule has 1 N–H and O–H groups in total. The molecule has 140 valence electrons. The fourth-order valence-electron chi connectivity index (χ4n) is 3.47. The van der Waals surface area contributed by atoms with Crippen LogP contribution in [-0.2, 0) is 6.54 Å². The molecule has 1 aliphatic rings. The van der Waals surface area contributed by atoms with Gasteiger partial charge in [0, 0.05) is 30.4 Å². The van der Waals surface area contributed by atoms with Gasteiger partial charge in [-0.25, -0.2) is 13.8 Å². The van der Waals surface area contributed by atoms with Gasteiger partial charge in [-0.3, -0.25) is 4.79 Å². The maximum absolute atomic E-state index is 13.3. The van der Waals surface area contributed by atoms with Gasteiger partial charge in [0.1, 0.15) is 11.6 Å². The lowest BCUT2D eigenvalue weighted by atomic mass is 10.1. The van der Waals surface area contributed by atoms with E-state index in [0.29, 0.717) is 5.56 Å². The number of fused-ring (bicyclic) bond motifs is 1. The molecule has 2 aromatic carbocycles. The molecular formula is C20H20F2N4O. The predicted molar refractivity (Wildman–Crippen MR) is 99.7 cm³/mol. The Hall–Kier alpha value is -2.80. The van der Waals surface area contributed by atoms with Gasteiger partial charge in [0.2, 0.25) is 0 Å². The molecule has 1 amide bonds. The number of benzene rings is 2. The third kappa shape index (κ3) is 3.98. The number of nitrogens with one attached hydrogen (secondary N) is 1. The molecule has 1 aliphatic heterocycles. The first kappa shape index (κ1) is 17.6. The van der Waals surface area contributed by atoms with Crippen molar-refractivity contribution in [3.05, 3.63) is 59.9 Å². The predicted octanol–water partition coefficient (Wildman–Crippen LogP) is 3.66. The van der Waals surface area contributed by atoms with Gasteiger partial charge >= 0.3 is 0 Å². The number of carbonyl (C=O) groups excluding carboxylic acids is 1. The highest BCUT2D eigenvalue weighted by Crippen LogP contribution is 2.18. The van der Waals surface area contributed by atoms with E-state index in [0.717, 1.165) is 55.4 Å². The number of carbonyl (C=O) groups is 1. The molecule has 2 heterocycles. The van der Waals surface area contributed by atoms with E-state index in [2.05, 4.69) is 19.8 Å². The van der Waals surface area contributed by atoms with Crippen LogP contribution >= 0.6 is 0 Å². The van der Waals surface area contributed by atoms with E-state index >= 15 is 0 Å². The van der Waals surface area contributed by atoms with Gasteiger partial charge in [-0.1, -0.05) is 0 Å². The largest absolute Gasteiger partial charge is 0.329 e. The number of imidazole rings is 1. The summed E-state index contributed by atoms with van der Waals surface area (Å²) >= 11 is 0. The third-order valence-electron chi connectivity index (χ3n) is 4.86. The Labute approximate surface area is 155 Å². The molecule has 0 spiro atoms. The Bertz CT molecular complexity index is 959. The van der Waals surface area contributed by atoms with Gasteiger partial charge in [-0.2, -0.15) is 0 Å². The molecule has 0 bridgehead atoms. The molecule has 0 radical (unpaired) electrons. The minimum atomic E-state index is -0.738. The van der Waals surface area contributed by atoms with Crippen LogP contribution in [0.3, 0.4) is 0 Å². The lowest BCUT2D eigenvalue weighted by Gasteiger charge is -2.15. The zero-order chi connectivity index (χ0) is 18.8. The quantitative estimate of drug-likeness (QED) is 0.746. The van der Waals surface area contributed by atoms with E-state index in [9.17, 15) is 13.6 Å². The van der Waals surface area contributed by atoms with E-state index in [1.54, 1.807) is 18.5 Å². The van der Waals surface area contributed by atoms with Gasteiger partial charge in [0.25, 0.3) is 5.91 Å². The second kappa shape index (κ2) is 7.44. The van der Waals surface area contributed by atoms with Crippen LogP contribution < -0.4 is 5.32 Å². The lowest BCUT2D eigenvalue weighted by molar-refractivity contribution is 0.102. The first-order chi connectivity index (χ1) is 13.1. The molecule has 3 aromatic rings. The highest BCUT2D eigenvalue weighted by molar-refractivity contribution is 6.05. The summed E-state index contributed by atoms with van der Waals surface area (Å²) in [4.78, 5) is 19.2. The number of likely N-dealkylation sites (tertiary alicyclic amines) is 1. The SMILES string of the molecule is O=C(Nc1cc(F)cc(F)c1)c1ccc2c(c1)ncn2CCN1CCCC1. The lowest BCUT2D eigenvalue weighted by Crippen LogP contribution is -2.23. The van der Waals surface area contributed by atoms with Gasteiger partial charge < -0.3 is 14.8 Å². The van der Waals surface area contributed by atoms with Crippen molar-refractivity contribution in [1.82, 2.24) is 14.5 Å². The normalized spacial score (nSPS) is 14.7. The summed E-state index contributed by atoms with van der Waals surface area (Å²) in [6.07, 6.45) is 4.31. The third-order valence-corrected chi connectivity index (χ3v) is 4.86. The Kier molecular flexibility index (Phi) is 4.85. The minimum absolute atomic E-state index is 0.0775. The summed E-state index contributed by atoms with van der Waals surface area (Å²) in [6, 6.07) is 8.15. The summed E-state index contributed by atoms with van der Waals surface area (Å²) < 4.78 is 28.6. The highest BCUT2D eigenvalue weighted by Gasteiger charge is 2.13. The van der Waals surface area contributed by atoms with Crippen LogP contribution in [0.4, 0.5) is 14.5 Å². The van der Waals surface area contributed by atoms with Crippen molar-refractivity contribution < 1.29 is 13.6 Å². The number of aromatic nitrogens is 2. The molecule has 4 rings (SSSR count). The Morgan fingerprint density at radius 1 is 1.04 bits per heavy atom. The maximum atomic E-state index is 13.3. The molecule has 5 nitrogen and oxygen atoms in total. The highest BCUT2D eigenvalue weighted by atomic mass is 19.1. The van der Waals surface area contributed by atoms with E-state index in [4.69, 9.17) is 0 Å². The zero-order valence-corrected chi connectivity index (χ0v) is 14.8. The van der Waals surface area contributed by atoms with Gasteiger partial charge in [-0.05, 0) is 56.3 Å². The van der Waals surface area contributed by atoms with Crippen LogP contribution in [0.2, 0.25) is 0 Å². The molecule has 1 saturated heterocycles. The van der Waals surface area contributed by atoms with Crippen LogP contribution in [0.25, 0.3) is 11.0 Å². The summed E-state index contributed by atoms with van der Waals surface area (Å²) in [5.74, 6) is -1.91. The smallest absolute Gasteiger partial charge is 0.255 e. The molecule has 7 heteroatoms. The molecule has 27 heavy (non-hydrogen) atoms. The van der Waals surface area contributed by atoms with Crippen molar-refractivity contribution >= 4 is 22.6 Å². The fraction of sp³-hybridized carbons (Fsp3) is 0.300. The average Bonchev–Trinajstić information content (AvgIpc) is 3.28. The van der Waals surface area contributed by atoms with Gasteiger partial charge in [0.15, 0.2) is 0 Å². The molecule has 1 aromatic heterocycles. The molecule has 0 saturated carbocycles. The van der Waals surface area contributed by atoms with Gasteiger partial charge in [-0.15, -0.1) is 0 Å². The summed E-state index contributed by atoms with van der Waals surface area (Å²) in [7, 11) is 0. The van der Waals surface area contributed by atoms with E-state index < -0.39 is 17.5 Å². The fourth-order valence-corrected chi connectivity index (χ4v) is 3.47. The Balaban J connectivity index is 1.48. The number of amides is 1. The number of anilines is 1. The zero-order valence-electron chi connectivity index (χ0n) is 14.8. The number of halogens is 2. The van der Waals surface area contributed by atoms with Crippen molar-refractivity contribution in [1.29, 1.82) is 0 Å². The number of rotatable bonds is 5. The van der Waals surface area contributed by atoms with E-state index in [1.165, 1.54) is 12.8 Å².